The summed E-state index contributed by atoms with van der Waals surface area (Å²) in [6.45, 7) is 4.43. The monoisotopic (exact) mass is 146 g/mol. The standard InChI is InChI=1S/C6H13Cl.Mg.2H/c1-6(2)4-3-5-7;;;/h6H,3-5H2,1-2H3;;;. The summed E-state index contributed by atoms with van der Waals surface area (Å²) >= 11 is 5.45. The van der Waals surface area contributed by atoms with Gasteiger partial charge < -0.3 is 0 Å². The largest absolute Gasteiger partial charge is 0.316 e. The molecule has 0 aliphatic carbocycles. The smallest absolute Gasteiger partial charge is 0.127 e. The van der Waals surface area contributed by atoms with Crippen molar-refractivity contribution in [2.45, 2.75) is 26.7 Å². The van der Waals surface area contributed by atoms with Crippen LogP contribution in [0.5, 0.6) is 0 Å². The molecule has 0 unspecified atom stereocenters. The molecule has 0 aromatic heterocycles. The molecule has 0 saturated carbocycles. The van der Waals surface area contributed by atoms with Gasteiger partial charge in [0.05, 0.1) is 0 Å². The predicted molar refractivity (Wildman–Crippen MR) is 43.3 cm³/mol. The fourth-order valence-corrected chi connectivity index (χ4v) is 0.640. The van der Waals surface area contributed by atoms with E-state index in [2.05, 4.69) is 13.8 Å². The zero-order chi connectivity index (χ0) is 5.70. The minimum Gasteiger partial charge on any atom is -0.127 e. The first kappa shape index (κ1) is 11.8. The first-order valence-electron chi connectivity index (χ1n) is 2.83. The van der Waals surface area contributed by atoms with Crippen LogP contribution in [-0.4, -0.2) is 28.9 Å². The SMILES string of the molecule is CC(C)CCCCl.[MgH2]. The fourth-order valence-electron chi connectivity index (χ4n) is 0.485. The average molecular weight is 147 g/mol. The fraction of sp³-hybridized carbons (Fsp3) is 1.00. The summed E-state index contributed by atoms with van der Waals surface area (Å²) in [5.41, 5.74) is 0. The molecular formula is C6H15ClMg. The lowest BCUT2D eigenvalue weighted by molar-refractivity contribution is 0.578. The molecule has 0 atom stereocenters. The minimum atomic E-state index is 0. The summed E-state index contributed by atoms with van der Waals surface area (Å²) < 4.78 is 0. The molecule has 0 radical (unpaired) electrons. The predicted octanol–water partition coefficient (Wildman–Crippen LogP) is 1.75. The van der Waals surface area contributed by atoms with E-state index in [4.69, 9.17) is 11.6 Å². The van der Waals surface area contributed by atoms with E-state index in [1.807, 2.05) is 0 Å². The van der Waals surface area contributed by atoms with Crippen molar-refractivity contribution in [3.63, 3.8) is 0 Å². The van der Waals surface area contributed by atoms with E-state index < -0.39 is 0 Å². The van der Waals surface area contributed by atoms with Gasteiger partial charge in [0.2, 0.25) is 0 Å². The van der Waals surface area contributed by atoms with Crippen molar-refractivity contribution >= 4 is 34.7 Å². The molecule has 0 nitrogen and oxygen atoms in total. The van der Waals surface area contributed by atoms with E-state index in [0.29, 0.717) is 0 Å². The Morgan fingerprint density at radius 3 is 2.00 bits per heavy atom. The van der Waals surface area contributed by atoms with Crippen molar-refractivity contribution in [1.82, 2.24) is 0 Å². The Kier molecular flexibility index (Phi) is 11.9. The van der Waals surface area contributed by atoms with Crippen LogP contribution in [0.1, 0.15) is 26.7 Å². The maximum atomic E-state index is 5.45. The van der Waals surface area contributed by atoms with Crippen LogP contribution < -0.4 is 0 Å². The molecule has 48 valence electrons. The normalized spacial score (nSPS) is 9.00. The first-order valence-corrected chi connectivity index (χ1v) is 3.36. The first-order chi connectivity index (χ1) is 3.27. The molecule has 8 heavy (non-hydrogen) atoms. The van der Waals surface area contributed by atoms with Gasteiger partial charge in [-0.25, -0.2) is 0 Å². The third-order valence-electron chi connectivity index (χ3n) is 0.915. The van der Waals surface area contributed by atoms with Crippen LogP contribution in [-0.2, 0) is 0 Å². The van der Waals surface area contributed by atoms with Gasteiger partial charge in [0, 0.05) is 5.88 Å². The molecular weight excluding hydrogens is 132 g/mol. The molecule has 0 spiro atoms. The van der Waals surface area contributed by atoms with Gasteiger partial charge in [-0.3, -0.25) is 0 Å². The zero-order valence-electron chi connectivity index (χ0n) is 5.08. The lowest BCUT2D eigenvalue weighted by Gasteiger charge is -1.98. The molecule has 0 aliphatic heterocycles. The second-order valence-electron chi connectivity index (χ2n) is 2.23. The molecule has 2 heteroatoms. The Balaban J connectivity index is 0. The number of halogens is 1. The number of rotatable bonds is 3. The molecule has 0 saturated heterocycles. The van der Waals surface area contributed by atoms with E-state index in [0.717, 1.165) is 11.8 Å². The topological polar surface area (TPSA) is 0 Å². The van der Waals surface area contributed by atoms with E-state index in [-0.39, 0.29) is 23.1 Å². The van der Waals surface area contributed by atoms with E-state index in [9.17, 15) is 0 Å². The van der Waals surface area contributed by atoms with Gasteiger partial charge in [-0.05, 0) is 18.8 Å². The molecule has 0 rings (SSSR count). The zero-order valence-corrected chi connectivity index (χ0v) is 5.83. The highest BCUT2D eigenvalue weighted by Gasteiger charge is 1.89. The summed E-state index contributed by atoms with van der Waals surface area (Å²) in [6.07, 6.45) is 2.43. The Bertz CT molecular complexity index is 37.5. The van der Waals surface area contributed by atoms with Crippen LogP contribution in [0.25, 0.3) is 0 Å². The Hall–Kier alpha value is 1.06. The summed E-state index contributed by atoms with van der Waals surface area (Å²) in [5, 5.41) is 0. The van der Waals surface area contributed by atoms with Crippen LogP contribution in [0.4, 0.5) is 0 Å². The van der Waals surface area contributed by atoms with Gasteiger partial charge in [-0.2, -0.15) is 0 Å². The van der Waals surface area contributed by atoms with Gasteiger partial charge >= 0.3 is 23.1 Å². The minimum absolute atomic E-state index is 0. The lowest BCUT2D eigenvalue weighted by atomic mass is 10.1. The third-order valence-corrected chi connectivity index (χ3v) is 1.18. The van der Waals surface area contributed by atoms with Gasteiger partial charge in [-0.15, -0.1) is 11.6 Å². The van der Waals surface area contributed by atoms with E-state index >= 15 is 0 Å². The number of hydrogen-bond acceptors (Lipinski definition) is 0. The summed E-state index contributed by atoms with van der Waals surface area (Å²) in [6, 6.07) is 0. The Morgan fingerprint density at radius 2 is 1.88 bits per heavy atom. The van der Waals surface area contributed by atoms with Gasteiger partial charge in [0.1, 0.15) is 0 Å². The molecule has 0 fully saturated rings. The van der Waals surface area contributed by atoms with Crippen LogP contribution in [0.15, 0.2) is 0 Å². The quantitative estimate of drug-likeness (QED) is 0.421. The highest BCUT2D eigenvalue weighted by atomic mass is 35.5. The second-order valence-corrected chi connectivity index (χ2v) is 2.60. The van der Waals surface area contributed by atoms with Crippen LogP contribution in [0.3, 0.4) is 0 Å². The van der Waals surface area contributed by atoms with Crippen molar-refractivity contribution < 1.29 is 0 Å². The summed E-state index contributed by atoms with van der Waals surface area (Å²) in [5.74, 6) is 1.64. The lowest BCUT2D eigenvalue weighted by Crippen LogP contribution is -1.85. The summed E-state index contributed by atoms with van der Waals surface area (Å²) in [7, 11) is 0. The second kappa shape index (κ2) is 8.06. The van der Waals surface area contributed by atoms with Crippen LogP contribution in [0.2, 0.25) is 0 Å². The molecule has 0 aliphatic rings. The number of alkyl halides is 1. The highest BCUT2D eigenvalue weighted by molar-refractivity contribution is 6.17. The Labute approximate surface area is 73.1 Å². The van der Waals surface area contributed by atoms with Gasteiger partial charge in [-0.1, -0.05) is 13.8 Å². The van der Waals surface area contributed by atoms with Crippen LogP contribution in [0, 0.1) is 5.92 Å². The van der Waals surface area contributed by atoms with Crippen molar-refractivity contribution in [2.75, 3.05) is 5.88 Å². The molecule has 0 heterocycles. The average Bonchev–Trinajstić information content (AvgIpc) is 1.61. The third kappa shape index (κ3) is 10.1. The maximum Gasteiger partial charge on any atom is 0.316 e. The Morgan fingerprint density at radius 1 is 1.38 bits per heavy atom. The molecule has 0 bridgehead atoms. The molecule has 0 aromatic rings. The molecule has 0 amide bonds. The molecule has 0 aromatic carbocycles. The van der Waals surface area contributed by atoms with Crippen molar-refractivity contribution in [1.29, 1.82) is 0 Å². The molecule has 0 N–H and O–H groups in total. The van der Waals surface area contributed by atoms with Crippen molar-refractivity contribution in [3.05, 3.63) is 0 Å². The van der Waals surface area contributed by atoms with Crippen LogP contribution >= 0.6 is 11.6 Å². The van der Waals surface area contributed by atoms with Crippen molar-refractivity contribution in [3.8, 4) is 0 Å². The van der Waals surface area contributed by atoms with Crippen molar-refractivity contribution in [2.24, 2.45) is 5.92 Å². The van der Waals surface area contributed by atoms with Gasteiger partial charge in [0.15, 0.2) is 0 Å². The van der Waals surface area contributed by atoms with Gasteiger partial charge in [0.25, 0.3) is 0 Å². The van der Waals surface area contributed by atoms with E-state index in [1.54, 1.807) is 0 Å². The maximum absolute atomic E-state index is 5.45. The highest BCUT2D eigenvalue weighted by Crippen LogP contribution is 2.03. The van der Waals surface area contributed by atoms with E-state index in [1.165, 1.54) is 12.8 Å². The number of hydrogen-bond donors (Lipinski definition) is 0. The summed E-state index contributed by atoms with van der Waals surface area (Å²) in [4.78, 5) is 0.